The van der Waals surface area contributed by atoms with E-state index in [0.717, 1.165) is 16.5 Å². The van der Waals surface area contributed by atoms with Gasteiger partial charge in [0.15, 0.2) is 5.78 Å². The van der Waals surface area contributed by atoms with E-state index in [-0.39, 0.29) is 5.78 Å². The zero-order chi connectivity index (χ0) is 17.1. The summed E-state index contributed by atoms with van der Waals surface area (Å²) in [5, 5.41) is 0.922. The van der Waals surface area contributed by atoms with Gasteiger partial charge in [0.05, 0.1) is 17.3 Å². The molecule has 3 aromatic rings. The third-order valence-corrected chi connectivity index (χ3v) is 3.80. The molecule has 0 aliphatic rings. The third kappa shape index (κ3) is 3.34. The summed E-state index contributed by atoms with van der Waals surface area (Å²) < 4.78 is 0. The number of hydrogen-bond acceptors (Lipinski definition) is 4. The maximum absolute atomic E-state index is 12.4. The van der Waals surface area contributed by atoms with Crippen molar-refractivity contribution in [2.45, 2.75) is 13.0 Å². The number of anilines is 1. The van der Waals surface area contributed by atoms with Gasteiger partial charge in [-0.15, -0.1) is 0 Å². The van der Waals surface area contributed by atoms with Crippen LogP contribution in [0.3, 0.4) is 0 Å². The molecule has 0 aliphatic carbocycles. The Morgan fingerprint density at radius 2 is 1.79 bits per heavy atom. The Balaban J connectivity index is 2.08. The second-order valence-corrected chi connectivity index (χ2v) is 5.77. The monoisotopic (exact) mass is 317 g/mol. The van der Waals surface area contributed by atoms with Gasteiger partial charge in [0, 0.05) is 16.6 Å². The molecule has 4 heteroatoms. The van der Waals surface area contributed by atoms with Gasteiger partial charge < -0.3 is 11.5 Å². The molecule has 1 heterocycles. The van der Waals surface area contributed by atoms with E-state index < -0.39 is 6.04 Å². The number of ketones is 1. The van der Waals surface area contributed by atoms with Gasteiger partial charge in [-0.25, -0.2) is 4.98 Å². The molecule has 0 saturated heterocycles. The molecule has 0 amide bonds. The van der Waals surface area contributed by atoms with Crippen molar-refractivity contribution in [3.63, 3.8) is 0 Å². The summed E-state index contributed by atoms with van der Waals surface area (Å²) in [4.78, 5) is 17.1. The van der Waals surface area contributed by atoms with Crippen LogP contribution in [-0.4, -0.2) is 16.8 Å². The van der Waals surface area contributed by atoms with E-state index in [2.05, 4.69) is 4.98 Å². The fourth-order valence-corrected chi connectivity index (χ4v) is 2.48. The minimum absolute atomic E-state index is 0.120. The van der Waals surface area contributed by atoms with Crippen molar-refractivity contribution >= 4 is 34.5 Å². The highest BCUT2D eigenvalue weighted by Crippen LogP contribution is 2.20. The first-order chi connectivity index (χ1) is 11.5. The number of benzene rings is 2. The second-order valence-electron chi connectivity index (χ2n) is 5.77. The van der Waals surface area contributed by atoms with E-state index in [4.69, 9.17) is 11.5 Å². The molecule has 0 radical (unpaired) electrons. The summed E-state index contributed by atoms with van der Waals surface area (Å²) in [5.74, 6) is -0.120. The molecule has 1 aromatic heterocycles. The molecule has 0 unspecified atom stereocenters. The first kappa shape index (κ1) is 15.9. The zero-order valence-electron chi connectivity index (χ0n) is 13.4. The topological polar surface area (TPSA) is 82.0 Å². The van der Waals surface area contributed by atoms with Crippen LogP contribution in [-0.2, 0) is 0 Å². The van der Waals surface area contributed by atoms with Crippen molar-refractivity contribution in [2.24, 2.45) is 5.73 Å². The number of nitrogens with two attached hydrogens (primary N) is 2. The molecule has 0 aliphatic heterocycles. The summed E-state index contributed by atoms with van der Waals surface area (Å²) in [5.41, 5.74) is 15.2. The molecule has 0 spiro atoms. The lowest BCUT2D eigenvalue weighted by molar-refractivity contribution is 0.0967. The summed E-state index contributed by atoms with van der Waals surface area (Å²) in [6.07, 6.45) is 3.75. The number of rotatable bonds is 4. The van der Waals surface area contributed by atoms with Gasteiger partial charge in [-0.3, -0.25) is 4.79 Å². The van der Waals surface area contributed by atoms with Gasteiger partial charge in [0.2, 0.25) is 0 Å². The van der Waals surface area contributed by atoms with E-state index in [1.807, 2.05) is 66.7 Å². The molecular formula is C20H19N3O. The Morgan fingerprint density at radius 1 is 1.08 bits per heavy atom. The SMILES string of the molecule is C[C@H](N)C(=O)c1cc2ccccc2nc1C=Cc1ccc(N)cc1. The highest BCUT2D eigenvalue weighted by Gasteiger charge is 2.16. The third-order valence-electron chi connectivity index (χ3n) is 3.80. The molecule has 1 atom stereocenters. The number of carbonyl (C=O) groups is 1. The normalized spacial score (nSPS) is 12.6. The van der Waals surface area contributed by atoms with Crippen molar-refractivity contribution in [1.82, 2.24) is 4.98 Å². The molecule has 0 bridgehead atoms. The predicted molar refractivity (Wildman–Crippen MR) is 99.5 cm³/mol. The number of carbonyl (C=O) groups excluding carboxylic acids is 1. The largest absolute Gasteiger partial charge is 0.399 e. The maximum Gasteiger partial charge on any atom is 0.181 e. The maximum atomic E-state index is 12.4. The van der Waals surface area contributed by atoms with Crippen molar-refractivity contribution in [1.29, 1.82) is 0 Å². The highest BCUT2D eigenvalue weighted by atomic mass is 16.1. The molecule has 4 nitrogen and oxygen atoms in total. The lowest BCUT2D eigenvalue weighted by atomic mass is 10.0. The van der Waals surface area contributed by atoms with Crippen LogP contribution in [0.25, 0.3) is 23.1 Å². The van der Waals surface area contributed by atoms with Crippen molar-refractivity contribution in [3.8, 4) is 0 Å². The number of pyridine rings is 1. The quantitative estimate of drug-likeness (QED) is 0.570. The fraction of sp³-hybridized carbons (Fsp3) is 0.100. The number of hydrogen-bond donors (Lipinski definition) is 2. The van der Waals surface area contributed by atoms with E-state index in [1.54, 1.807) is 6.92 Å². The van der Waals surface area contributed by atoms with Gasteiger partial charge in [0.25, 0.3) is 0 Å². The highest BCUT2D eigenvalue weighted by molar-refractivity contribution is 6.05. The first-order valence-corrected chi connectivity index (χ1v) is 7.78. The molecule has 120 valence electrons. The summed E-state index contributed by atoms with van der Waals surface area (Å²) in [6, 6.07) is 16.5. The standard InChI is InChI=1S/C20H19N3O/c1-13(21)20(24)17-12-15-4-2-3-5-18(15)23-19(17)11-8-14-6-9-16(22)10-7-14/h2-13H,21-22H2,1H3/t13-/m0/s1. The molecular weight excluding hydrogens is 298 g/mol. The van der Waals surface area contributed by atoms with Crippen LogP contribution in [0.15, 0.2) is 54.6 Å². The number of Topliss-reactive ketones (excluding diaryl/α,β-unsaturated/α-hetero) is 1. The zero-order valence-corrected chi connectivity index (χ0v) is 13.4. The number of nitrogen functional groups attached to an aromatic ring is 1. The summed E-state index contributed by atoms with van der Waals surface area (Å²) in [7, 11) is 0. The second kappa shape index (κ2) is 6.64. The lowest BCUT2D eigenvalue weighted by Crippen LogP contribution is -2.27. The van der Waals surface area contributed by atoms with Crippen molar-refractivity contribution < 1.29 is 4.79 Å². The van der Waals surface area contributed by atoms with Crippen LogP contribution in [0, 0.1) is 0 Å². The first-order valence-electron chi connectivity index (χ1n) is 7.78. The van der Waals surface area contributed by atoms with E-state index in [0.29, 0.717) is 16.9 Å². The number of nitrogens with zero attached hydrogens (tertiary/aromatic N) is 1. The van der Waals surface area contributed by atoms with Crippen LogP contribution in [0.1, 0.15) is 28.5 Å². The molecule has 3 rings (SSSR count). The minimum Gasteiger partial charge on any atom is -0.399 e. The van der Waals surface area contributed by atoms with E-state index >= 15 is 0 Å². The smallest absolute Gasteiger partial charge is 0.181 e. The Bertz CT molecular complexity index is 912. The average Bonchev–Trinajstić information content (AvgIpc) is 2.59. The predicted octanol–water partition coefficient (Wildman–Crippen LogP) is 3.52. The van der Waals surface area contributed by atoms with Crippen LogP contribution in [0.5, 0.6) is 0 Å². The van der Waals surface area contributed by atoms with E-state index in [1.165, 1.54) is 0 Å². The van der Waals surface area contributed by atoms with Crippen LogP contribution >= 0.6 is 0 Å². The Labute approximate surface area is 140 Å². The molecule has 4 N–H and O–H groups in total. The summed E-state index contributed by atoms with van der Waals surface area (Å²) >= 11 is 0. The van der Waals surface area contributed by atoms with Gasteiger partial charge in [-0.1, -0.05) is 36.4 Å². The lowest BCUT2D eigenvalue weighted by Gasteiger charge is -2.09. The summed E-state index contributed by atoms with van der Waals surface area (Å²) in [6.45, 7) is 1.69. The number of fused-ring (bicyclic) bond motifs is 1. The van der Waals surface area contributed by atoms with Crippen LogP contribution in [0.4, 0.5) is 5.69 Å². The Hall–Kier alpha value is -2.98. The van der Waals surface area contributed by atoms with Gasteiger partial charge in [-0.05, 0) is 42.8 Å². The average molecular weight is 317 g/mol. The number of aromatic nitrogens is 1. The van der Waals surface area contributed by atoms with Gasteiger partial charge >= 0.3 is 0 Å². The van der Waals surface area contributed by atoms with Gasteiger partial charge in [0.1, 0.15) is 0 Å². The van der Waals surface area contributed by atoms with Crippen molar-refractivity contribution in [3.05, 3.63) is 71.4 Å². The Kier molecular flexibility index (Phi) is 4.40. The molecule has 0 saturated carbocycles. The fourth-order valence-electron chi connectivity index (χ4n) is 2.48. The van der Waals surface area contributed by atoms with Crippen LogP contribution in [0.2, 0.25) is 0 Å². The molecule has 24 heavy (non-hydrogen) atoms. The minimum atomic E-state index is -0.573. The Morgan fingerprint density at radius 3 is 2.50 bits per heavy atom. The van der Waals surface area contributed by atoms with Crippen LogP contribution < -0.4 is 11.5 Å². The van der Waals surface area contributed by atoms with E-state index in [9.17, 15) is 4.79 Å². The number of para-hydroxylation sites is 1. The van der Waals surface area contributed by atoms with Crippen molar-refractivity contribution in [2.75, 3.05) is 5.73 Å². The molecule has 0 fully saturated rings. The molecule has 2 aromatic carbocycles. The van der Waals surface area contributed by atoms with Gasteiger partial charge in [-0.2, -0.15) is 0 Å².